The molecule has 0 spiro atoms. The van der Waals surface area contributed by atoms with Crippen molar-refractivity contribution in [1.29, 1.82) is 0 Å². The SMILES string of the molecule is CCOC(=O)CC(N)C(=O)Cn1nnc(Cc2c(Cl)cccc2Cl)n1.Cl. The summed E-state index contributed by atoms with van der Waals surface area (Å²) in [5.74, 6) is -0.557. The largest absolute Gasteiger partial charge is 0.466 e. The zero-order valence-corrected chi connectivity index (χ0v) is 16.2. The second-order valence-electron chi connectivity index (χ2n) is 5.20. The number of nitrogens with two attached hydrogens (primary N) is 1. The van der Waals surface area contributed by atoms with Crippen molar-refractivity contribution in [2.45, 2.75) is 32.4 Å². The van der Waals surface area contributed by atoms with Gasteiger partial charge in [-0.1, -0.05) is 29.3 Å². The van der Waals surface area contributed by atoms with Gasteiger partial charge in [-0.15, -0.1) is 22.6 Å². The molecule has 0 aliphatic heterocycles. The first kappa shape index (κ1) is 22.3. The molecule has 2 aromatic rings. The Hall–Kier alpha value is -1.74. The Bertz CT molecular complexity index is 748. The molecule has 2 N–H and O–H groups in total. The molecule has 8 nitrogen and oxygen atoms in total. The first-order chi connectivity index (χ1) is 11.9. The van der Waals surface area contributed by atoms with Gasteiger partial charge in [-0.2, -0.15) is 4.80 Å². The number of tetrazole rings is 1. The Labute approximate surface area is 166 Å². The number of benzene rings is 1. The highest BCUT2D eigenvalue weighted by atomic mass is 35.5. The zero-order valence-electron chi connectivity index (χ0n) is 13.9. The van der Waals surface area contributed by atoms with E-state index < -0.39 is 17.8 Å². The standard InChI is InChI=1S/C15H17Cl2N5O3.ClH/c1-2-25-15(24)7-12(18)13(23)8-22-20-14(19-21-22)6-9-10(16)4-3-5-11(9)17;/h3-5,12H,2,6-8,18H2,1H3;1H. The van der Waals surface area contributed by atoms with Crippen LogP contribution in [0, 0.1) is 0 Å². The van der Waals surface area contributed by atoms with Gasteiger partial charge >= 0.3 is 5.97 Å². The molecule has 1 unspecified atom stereocenters. The molecular weight excluding hydrogens is 405 g/mol. The molecule has 0 aliphatic carbocycles. The lowest BCUT2D eigenvalue weighted by atomic mass is 10.1. The monoisotopic (exact) mass is 421 g/mol. The maximum Gasteiger partial charge on any atom is 0.307 e. The van der Waals surface area contributed by atoms with Crippen molar-refractivity contribution in [2.75, 3.05) is 6.61 Å². The molecule has 11 heteroatoms. The van der Waals surface area contributed by atoms with Gasteiger partial charge < -0.3 is 10.5 Å². The van der Waals surface area contributed by atoms with Gasteiger partial charge in [-0.25, -0.2) is 0 Å². The number of Topliss-reactive ketones (excluding diaryl/α,β-unsaturated/α-hetero) is 1. The van der Waals surface area contributed by atoms with Gasteiger partial charge in [-0.3, -0.25) is 9.59 Å². The van der Waals surface area contributed by atoms with E-state index in [2.05, 4.69) is 15.4 Å². The van der Waals surface area contributed by atoms with E-state index in [1.807, 2.05) is 0 Å². The fraction of sp³-hybridized carbons (Fsp3) is 0.400. The van der Waals surface area contributed by atoms with Gasteiger partial charge in [0.25, 0.3) is 0 Å². The molecule has 0 bridgehead atoms. The van der Waals surface area contributed by atoms with Crippen molar-refractivity contribution in [2.24, 2.45) is 5.73 Å². The van der Waals surface area contributed by atoms with Crippen molar-refractivity contribution in [1.82, 2.24) is 20.2 Å². The van der Waals surface area contributed by atoms with Gasteiger partial charge in [0, 0.05) is 16.5 Å². The maximum atomic E-state index is 12.0. The number of nitrogens with zero attached hydrogens (tertiary/aromatic N) is 4. The van der Waals surface area contributed by atoms with E-state index in [0.29, 0.717) is 21.4 Å². The third-order valence-corrected chi connectivity index (χ3v) is 4.00. The van der Waals surface area contributed by atoms with Gasteiger partial charge in [0.05, 0.1) is 19.1 Å². The van der Waals surface area contributed by atoms with Crippen molar-refractivity contribution in [3.8, 4) is 0 Å². The highest BCUT2D eigenvalue weighted by Gasteiger charge is 2.20. The first-order valence-electron chi connectivity index (χ1n) is 7.54. The number of ether oxygens (including phenoxy) is 1. The summed E-state index contributed by atoms with van der Waals surface area (Å²) in [5.41, 5.74) is 6.37. The average molecular weight is 423 g/mol. The van der Waals surface area contributed by atoms with Gasteiger partial charge in [0.2, 0.25) is 0 Å². The third-order valence-electron chi connectivity index (χ3n) is 3.29. The van der Waals surface area contributed by atoms with Crippen LogP contribution in [0.15, 0.2) is 18.2 Å². The maximum absolute atomic E-state index is 12.0. The third kappa shape index (κ3) is 6.21. The molecule has 0 saturated carbocycles. The number of carbonyl (C=O) groups excluding carboxylic acids is 2. The molecule has 26 heavy (non-hydrogen) atoms. The summed E-state index contributed by atoms with van der Waals surface area (Å²) < 4.78 is 4.76. The summed E-state index contributed by atoms with van der Waals surface area (Å²) in [6.45, 7) is 1.72. The molecule has 0 radical (unpaired) electrons. The average Bonchev–Trinajstić information content (AvgIpc) is 2.98. The predicted octanol–water partition coefficient (Wildman–Crippen LogP) is 1.84. The second kappa shape index (κ2) is 10.4. The molecule has 0 amide bonds. The second-order valence-corrected chi connectivity index (χ2v) is 6.01. The number of hydrogen-bond acceptors (Lipinski definition) is 7. The smallest absolute Gasteiger partial charge is 0.307 e. The normalized spacial score (nSPS) is 11.5. The van der Waals surface area contributed by atoms with Crippen LogP contribution in [0.1, 0.15) is 24.7 Å². The fourth-order valence-corrected chi connectivity index (χ4v) is 2.57. The minimum Gasteiger partial charge on any atom is -0.466 e. The number of esters is 1. The van der Waals surface area contributed by atoms with Gasteiger partial charge in [-0.05, 0) is 29.8 Å². The molecule has 1 aromatic heterocycles. The number of carbonyl (C=O) groups is 2. The quantitative estimate of drug-likeness (QED) is 0.646. The predicted molar refractivity (Wildman–Crippen MR) is 98.6 cm³/mol. The van der Waals surface area contributed by atoms with E-state index in [1.165, 1.54) is 0 Å². The van der Waals surface area contributed by atoms with Gasteiger partial charge in [0.1, 0.15) is 6.54 Å². The number of rotatable bonds is 8. The zero-order chi connectivity index (χ0) is 18.4. The van der Waals surface area contributed by atoms with E-state index >= 15 is 0 Å². The number of hydrogen-bond donors (Lipinski definition) is 1. The summed E-state index contributed by atoms with van der Waals surface area (Å²) in [7, 11) is 0. The Morgan fingerprint density at radius 3 is 2.58 bits per heavy atom. The Morgan fingerprint density at radius 2 is 1.96 bits per heavy atom. The topological polar surface area (TPSA) is 113 Å². The molecule has 2 rings (SSSR count). The summed E-state index contributed by atoms with van der Waals surface area (Å²) in [6.07, 6.45) is 0.0883. The van der Waals surface area contributed by atoms with Crippen LogP contribution in [0.25, 0.3) is 0 Å². The molecular formula is C15H18Cl3N5O3. The van der Waals surface area contributed by atoms with Crippen LogP contribution in [-0.4, -0.2) is 44.6 Å². The Morgan fingerprint density at radius 1 is 1.31 bits per heavy atom. The minimum atomic E-state index is -0.980. The number of halogens is 3. The van der Waals surface area contributed by atoms with Crippen LogP contribution in [0.3, 0.4) is 0 Å². The van der Waals surface area contributed by atoms with E-state index in [-0.39, 0.29) is 38.4 Å². The Balaban J connectivity index is 0.00000338. The molecule has 1 aromatic carbocycles. The van der Waals surface area contributed by atoms with Crippen LogP contribution in [0.4, 0.5) is 0 Å². The lowest BCUT2D eigenvalue weighted by Gasteiger charge is -2.08. The summed E-state index contributed by atoms with van der Waals surface area (Å²) in [5, 5.41) is 12.8. The summed E-state index contributed by atoms with van der Waals surface area (Å²) in [4.78, 5) is 24.5. The highest BCUT2D eigenvalue weighted by molar-refractivity contribution is 6.36. The lowest BCUT2D eigenvalue weighted by Crippen LogP contribution is -2.36. The van der Waals surface area contributed by atoms with Crippen molar-refractivity contribution in [3.63, 3.8) is 0 Å². The fourth-order valence-electron chi connectivity index (χ4n) is 2.04. The molecule has 142 valence electrons. The van der Waals surface area contributed by atoms with Crippen LogP contribution in [0.2, 0.25) is 10.0 Å². The van der Waals surface area contributed by atoms with Crippen molar-refractivity contribution in [3.05, 3.63) is 39.6 Å². The molecule has 0 fully saturated rings. The first-order valence-corrected chi connectivity index (χ1v) is 8.29. The molecule has 0 saturated heterocycles. The van der Waals surface area contributed by atoms with Crippen molar-refractivity contribution < 1.29 is 14.3 Å². The lowest BCUT2D eigenvalue weighted by molar-refractivity contribution is -0.144. The molecule has 1 heterocycles. The molecule has 1 atom stereocenters. The van der Waals surface area contributed by atoms with Gasteiger partial charge in [0.15, 0.2) is 11.6 Å². The summed E-state index contributed by atoms with van der Waals surface area (Å²) in [6, 6.07) is 4.18. The van der Waals surface area contributed by atoms with E-state index in [1.54, 1.807) is 25.1 Å². The number of ketones is 1. The highest BCUT2D eigenvalue weighted by Crippen LogP contribution is 2.25. The van der Waals surface area contributed by atoms with E-state index in [0.717, 1.165) is 4.80 Å². The van der Waals surface area contributed by atoms with Crippen molar-refractivity contribution >= 4 is 47.4 Å². The van der Waals surface area contributed by atoms with Crippen LogP contribution in [-0.2, 0) is 27.3 Å². The summed E-state index contributed by atoms with van der Waals surface area (Å²) >= 11 is 12.2. The van der Waals surface area contributed by atoms with E-state index in [4.69, 9.17) is 33.7 Å². The molecule has 0 aliphatic rings. The number of aromatic nitrogens is 4. The van der Waals surface area contributed by atoms with Crippen LogP contribution >= 0.6 is 35.6 Å². The Kier molecular flexibility index (Phi) is 8.94. The van der Waals surface area contributed by atoms with Crippen LogP contribution in [0.5, 0.6) is 0 Å². The van der Waals surface area contributed by atoms with Crippen LogP contribution < -0.4 is 5.73 Å². The minimum absolute atomic E-state index is 0. The van der Waals surface area contributed by atoms with E-state index in [9.17, 15) is 9.59 Å².